The van der Waals surface area contributed by atoms with Crippen LogP contribution < -0.4 is 0 Å². The Morgan fingerprint density at radius 3 is 0.724 bits per heavy atom. The highest BCUT2D eigenvalue weighted by molar-refractivity contribution is 7.47. The molecule has 0 aliphatic rings. The normalized spacial score (nSPS) is 14.4. The second-order valence-corrected chi connectivity index (χ2v) is 34.8. The molecule has 0 fully saturated rings. The quantitative estimate of drug-likeness (QED) is 0.0222. The van der Waals surface area contributed by atoms with Gasteiger partial charge >= 0.3 is 39.5 Å². The summed E-state index contributed by atoms with van der Waals surface area (Å²) < 4.78 is 68.9. The van der Waals surface area contributed by atoms with Gasteiger partial charge in [-0.1, -0.05) is 402 Å². The molecule has 0 aromatic carbocycles. The summed E-state index contributed by atoms with van der Waals surface area (Å²) in [4.78, 5) is 73.2. The minimum absolute atomic E-state index is 0.106. The van der Waals surface area contributed by atoms with Crippen molar-refractivity contribution in [3.05, 3.63) is 0 Å². The molecule has 0 bridgehead atoms. The molecule has 17 nitrogen and oxygen atoms in total. The summed E-state index contributed by atoms with van der Waals surface area (Å²) in [5.74, 6) is 0.261. The number of rotatable bonds is 84. The van der Waals surface area contributed by atoms with Gasteiger partial charge in [-0.15, -0.1) is 0 Å². The van der Waals surface area contributed by atoms with Gasteiger partial charge in [-0.3, -0.25) is 37.3 Å². The summed E-state index contributed by atoms with van der Waals surface area (Å²) in [5, 5.41) is 10.7. The smallest absolute Gasteiger partial charge is 0.462 e. The summed E-state index contributed by atoms with van der Waals surface area (Å²) in [6, 6.07) is 0. The Morgan fingerprint density at radius 1 is 0.276 bits per heavy atom. The highest BCUT2D eigenvalue weighted by Crippen LogP contribution is 2.45. The number of ether oxygens (including phenoxy) is 4. The van der Waals surface area contributed by atoms with Crippen molar-refractivity contribution in [2.24, 2.45) is 17.8 Å². The van der Waals surface area contributed by atoms with Crippen molar-refractivity contribution < 1.29 is 80.2 Å². The largest absolute Gasteiger partial charge is 0.472 e. The summed E-state index contributed by atoms with van der Waals surface area (Å²) in [6.45, 7) is 12.0. The van der Waals surface area contributed by atoms with Crippen molar-refractivity contribution in [3.8, 4) is 0 Å². The molecule has 0 aromatic rings. The van der Waals surface area contributed by atoms with E-state index >= 15 is 0 Å². The third-order valence-corrected chi connectivity index (χ3v) is 22.8. The number of aliphatic hydroxyl groups is 1. The van der Waals surface area contributed by atoms with Crippen LogP contribution in [0.15, 0.2) is 0 Å². The predicted molar refractivity (Wildman–Crippen MR) is 432 cm³/mol. The molecule has 0 aliphatic heterocycles. The highest BCUT2D eigenvalue weighted by atomic mass is 31.2. The first-order valence-electron chi connectivity index (χ1n) is 44.4. The maximum atomic E-state index is 13.1. The van der Waals surface area contributed by atoms with Gasteiger partial charge in [-0.2, -0.15) is 0 Å². The molecule has 624 valence electrons. The summed E-state index contributed by atoms with van der Waals surface area (Å²) in [5.41, 5.74) is 0. The summed E-state index contributed by atoms with van der Waals surface area (Å²) in [7, 11) is -9.93. The number of esters is 4. The van der Waals surface area contributed by atoms with Gasteiger partial charge in [0.15, 0.2) is 12.2 Å². The molecule has 0 rings (SSSR count). The molecule has 4 unspecified atom stereocenters. The van der Waals surface area contributed by atoms with E-state index in [9.17, 15) is 43.2 Å². The minimum atomic E-state index is -4.97. The van der Waals surface area contributed by atoms with Crippen molar-refractivity contribution in [1.82, 2.24) is 0 Å². The molecule has 0 spiro atoms. The first-order valence-corrected chi connectivity index (χ1v) is 47.4. The van der Waals surface area contributed by atoms with Crippen molar-refractivity contribution in [2.75, 3.05) is 39.6 Å². The molecule has 0 radical (unpaired) electrons. The van der Waals surface area contributed by atoms with E-state index in [0.29, 0.717) is 25.7 Å². The molecule has 0 amide bonds. The SMILES string of the molecule is CCCCCCCCCCCCCCCCCCCCCCCC(=O)O[C@H](COC(=O)CCCCCCCCCCCCCCCCC(C)CC)COP(=O)(O)OC[C@@H](O)COP(=O)(O)OC[C@@H](COC(=O)CCCCCCCCC(C)CC)OC(=O)CCCCCCCCCCCCCCCC(C)C. The molecule has 0 saturated heterocycles. The van der Waals surface area contributed by atoms with E-state index in [1.807, 2.05) is 0 Å². The third-order valence-electron chi connectivity index (χ3n) is 20.9. The number of carbonyl (C=O) groups excluding carboxylic acids is 4. The van der Waals surface area contributed by atoms with E-state index in [-0.39, 0.29) is 25.7 Å². The zero-order chi connectivity index (χ0) is 77.2. The Morgan fingerprint density at radius 2 is 0.486 bits per heavy atom. The van der Waals surface area contributed by atoms with Gasteiger partial charge in [0.2, 0.25) is 0 Å². The maximum absolute atomic E-state index is 13.1. The fourth-order valence-electron chi connectivity index (χ4n) is 13.3. The second kappa shape index (κ2) is 76.1. The van der Waals surface area contributed by atoms with Crippen LogP contribution in [0, 0.1) is 17.8 Å². The standard InChI is InChI=1S/C86H168O17P2/c1-8-11-12-13-14-15-16-17-18-19-20-21-22-23-24-31-36-41-46-55-62-69-85(90)102-81(73-96-83(88)67-60-53-45-40-35-30-26-25-29-34-39-44-51-58-65-78(6)9-2)75-100-104(92,93)98-71-80(87)72-99-105(94,95)101-76-82(74-97-84(89)68-61-54-49-48-52-59-66-79(7)10-3)103-86(91)70-63-56-47-42-37-32-27-28-33-38-43-50-57-64-77(4)5/h77-82,87H,8-76H2,1-7H3,(H,92,93)(H,94,95)/t78?,79?,80-,81-,82-/m1/s1. The Bertz CT molecular complexity index is 2030. The van der Waals surface area contributed by atoms with E-state index in [2.05, 4.69) is 48.5 Å². The Labute approximate surface area is 645 Å². The lowest BCUT2D eigenvalue weighted by Crippen LogP contribution is -2.30. The van der Waals surface area contributed by atoms with Crippen molar-refractivity contribution >= 4 is 39.5 Å². The lowest BCUT2D eigenvalue weighted by atomic mass is 9.99. The van der Waals surface area contributed by atoms with Crippen molar-refractivity contribution in [3.63, 3.8) is 0 Å². The van der Waals surface area contributed by atoms with Gasteiger partial charge in [0, 0.05) is 25.7 Å². The zero-order valence-electron chi connectivity index (χ0n) is 69.2. The van der Waals surface area contributed by atoms with E-state index in [1.165, 1.54) is 257 Å². The Hall–Kier alpha value is -1.94. The number of aliphatic hydroxyl groups excluding tert-OH is 1. The summed E-state index contributed by atoms with van der Waals surface area (Å²) in [6.07, 6.45) is 66.7. The van der Waals surface area contributed by atoms with Crippen LogP contribution in [0.4, 0.5) is 0 Å². The lowest BCUT2D eigenvalue weighted by molar-refractivity contribution is -0.161. The van der Waals surface area contributed by atoms with Gasteiger partial charge in [0.1, 0.15) is 19.3 Å². The van der Waals surface area contributed by atoms with Gasteiger partial charge in [0.25, 0.3) is 0 Å². The molecule has 0 aromatic heterocycles. The van der Waals surface area contributed by atoms with Gasteiger partial charge in [0.05, 0.1) is 26.4 Å². The second-order valence-electron chi connectivity index (χ2n) is 31.9. The first kappa shape index (κ1) is 103. The van der Waals surface area contributed by atoms with Gasteiger partial charge in [-0.25, -0.2) is 9.13 Å². The molecule has 0 saturated carbocycles. The molecular formula is C86H168O17P2. The average Bonchev–Trinajstić information content (AvgIpc) is 0.923. The topological polar surface area (TPSA) is 237 Å². The molecule has 19 heteroatoms. The lowest BCUT2D eigenvalue weighted by Gasteiger charge is -2.21. The van der Waals surface area contributed by atoms with Gasteiger partial charge < -0.3 is 33.8 Å². The van der Waals surface area contributed by atoms with Crippen LogP contribution in [0.2, 0.25) is 0 Å². The fourth-order valence-corrected chi connectivity index (χ4v) is 14.9. The van der Waals surface area contributed by atoms with E-state index in [4.69, 9.17) is 37.0 Å². The van der Waals surface area contributed by atoms with Crippen LogP contribution >= 0.6 is 15.6 Å². The third kappa shape index (κ3) is 77.2. The fraction of sp³-hybridized carbons (Fsp3) is 0.953. The maximum Gasteiger partial charge on any atom is 0.472 e. The van der Waals surface area contributed by atoms with Crippen molar-refractivity contribution in [1.29, 1.82) is 0 Å². The Kier molecular flexibility index (Phi) is 74.7. The predicted octanol–water partition coefficient (Wildman–Crippen LogP) is 26.1. The van der Waals surface area contributed by atoms with Crippen LogP contribution in [0.5, 0.6) is 0 Å². The average molecular weight is 1540 g/mol. The summed E-state index contributed by atoms with van der Waals surface area (Å²) >= 11 is 0. The monoisotopic (exact) mass is 1540 g/mol. The van der Waals surface area contributed by atoms with E-state index in [0.717, 1.165) is 114 Å². The first-order chi connectivity index (χ1) is 50.8. The Balaban J connectivity index is 5.24. The van der Waals surface area contributed by atoms with Gasteiger partial charge in [-0.05, 0) is 43.4 Å². The van der Waals surface area contributed by atoms with Crippen LogP contribution in [0.1, 0.15) is 453 Å². The van der Waals surface area contributed by atoms with E-state index in [1.54, 1.807) is 0 Å². The van der Waals surface area contributed by atoms with Crippen LogP contribution in [-0.4, -0.2) is 96.7 Å². The number of phosphoric ester groups is 2. The molecule has 0 heterocycles. The van der Waals surface area contributed by atoms with E-state index < -0.39 is 97.5 Å². The molecular weight excluding hydrogens is 1370 g/mol. The number of hydrogen-bond donors (Lipinski definition) is 3. The molecule has 105 heavy (non-hydrogen) atoms. The minimum Gasteiger partial charge on any atom is -0.462 e. The molecule has 7 atom stereocenters. The zero-order valence-corrected chi connectivity index (χ0v) is 71.0. The number of unbranched alkanes of at least 4 members (excludes halogenated alkanes) is 50. The van der Waals surface area contributed by atoms with Crippen molar-refractivity contribution in [2.45, 2.75) is 471 Å². The number of carbonyl (C=O) groups is 4. The number of phosphoric acid groups is 2. The van der Waals surface area contributed by atoms with Crippen LogP contribution in [-0.2, 0) is 65.4 Å². The number of hydrogen-bond acceptors (Lipinski definition) is 15. The highest BCUT2D eigenvalue weighted by Gasteiger charge is 2.30. The van der Waals surface area contributed by atoms with Crippen LogP contribution in [0.3, 0.4) is 0 Å². The molecule has 3 N–H and O–H groups in total. The molecule has 0 aliphatic carbocycles. The van der Waals surface area contributed by atoms with Crippen LogP contribution in [0.25, 0.3) is 0 Å².